The fourth-order valence-corrected chi connectivity index (χ4v) is 2.77. The van der Waals surface area contributed by atoms with Gasteiger partial charge in [0.2, 0.25) is 0 Å². The Labute approximate surface area is 122 Å². The summed E-state index contributed by atoms with van der Waals surface area (Å²) in [6.07, 6.45) is 4.88. The van der Waals surface area contributed by atoms with Crippen LogP contribution < -0.4 is 4.74 Å². The third-order valence-corrected chi connectivity index (χ3v) is 4.23. The monoisotopic (exact) mass is 286 g/mol. The van der Waals surface area contributed by atoms with Crippen LogP contribution in [0.3, 0.4) is 0 Å². The smallest absolute Gasteiger partial charge is 0.118 e. The van der Waals surface area contributed by atoms with Gasteiger partial charge in [0.25, 0.3) is 0 Å². The van der Waals surface area contributed by atoms with Crippen molar-refractivity contribution in [1.82, 2.24) is 0 Å². The van der Waals surface area contributed by atoms with Crippen LogP contribution in [0.15, 0.2) is 71.6 Å². The lowest BCUT2D eigenvalue weighted by molar-refractivity contribution is 0.414. The largest absolute Gasteiger partial charge is 0.497 e. The molecule has 0 bridgehead atoms. The van der Waals surface area contributed by atoms with E-state index in [0.29, 0.717) is 5.75 Å². The predicted octanol–water partition coefficient (Wildman–Crippen LogP) is 3.60. The second kappa shape index (κ2) is 7.65. The van der Waals surface area contributed by atoms with Crippen molar-refractivity contribution in [3.8, 4) is 5.75 Å². The summed E-state index contributed by atoms with van der Waals surface area (Å²) >= 11 is 0. The van der Waals surface area contributed by atoms with Crippen LogP contribution in [-0.2, 0) is 17.2 Å². The van der Waals surface area contributed by atoms with Gasteiger partial charge in [-0.3, -0.25) is 4.21 Å². The van der Waals surface area contributed by atoms with Crippen LogP contribution in [0.5, 0.6) is 5.75 Å². The maximum atomic E-state index is 12.0. The molecule has 20 heavy (non-hydrogen) atoms. The lowest BCUT2D eigenvalue weighted by Crippen LogP contribution is -1.94. The Morgan fingerprint density at radius 2 is 1.70 bits per heavy atom. The van der Waals surface area contributed by atoms with Gasteiger partial charge in [-0.25, -0.2) is 0 Å². The number of benzene rings is 2. The van der Waals surface area contributed by atoms with Gasteiger partial charge in [0.15, 0.2) is 0 Å². The van der Waals surface area contributed by atoms with Gasteiger partial charge < -0.3 is 4.74 Å². The van der Waals surface area contributed by atoms with E-state index in [1.165, 1.54) is 5.56 Å². The van der Waals surface area contributed by atoms with Crippen LogP contribution >= 0.6 is 0 Å². The van der Waals surface area contributed by atoms with E-state index in [2.05, 4.69) is 6.08 Å². The number of ether oxygens (including phenoxy) is 1. The summed E-state index contributed by atoms with van der Waals surface area (Å²) < 4.78 is 17.1. The molecule has 1 unspecified atom stereocenters. The van der Waals surface area contributed by atoms with Crippen LogP contribution in [-0.4, -0.2) is 17.1 Å². The first-order valence-electron chi connectivity index (χ1n) is 6.51. The Balaban J connectivity index is 1.83. The minimum absolute atomic E-state index is 0.556. The first kappa shape index (κ1) is 14.5. The number of methoxy groups -OCH3 is 1. The molecule has 0 saturated heterocycles. The SMILES string of the molecule is COc1ccc(CC=CCS(=O)c2ccccc2)cc1. The Kier molecular flexibility index (Phi) is 5.56. The fourth-order valence-electron chi connectivity index (χ4n) is 1.80. The minimum atomic E-state index is -0.953. The highest BCUT2D eigenvalue weighted by atomic mass is 32.2. The maximum Gasteiger partial charge on any atom is 0.118 e. The zero-order valence-electron chi connectivity index (χ0n) is 11.5. The molecule has 2 aromatic carbocycles. The lowest BCUT2D eigenvalue weighted by atomic mass is 10.1. The molecule has 0 spiro atoms. The summed E-state index contributed by atoms with van der Waals surface area (Å²) in [7, 11) is 0.707. The van der Waals surface area contributed by atoms with Crippen molar-refractivity contribution in [2.45, 2.75) is 11.3 Å². The number of allylic oxidation sites excluding steroid dienone is 1. The molecule has 0 aliphatic carbocycles. The molecule has 0 heterocycles. The molecule has 0 aromatic heterocycles. The van der Waals surface area contributed by atoms with E-state index in [1.54, 1.807) is 7.11 Å². The van der Waals surface area contributed by atoms with Crippen molar-refractivity contribution in [2.24, 2.45) is 0 Å². The van der Waals surface area contributed by atoms with Crippen molar-refractivity contribution in [3.05, 3.63) is 72.3 Å². The van der Waals surface area contributed by atoms with E-state index in [0.717, 1.165) is 17.1 Å². The molecule has 3 heteroatoms. The van der Waals surface area contributed by atoms with Crippen LogP contribution in [0.25, 0.3) is 0 Å². The van der Waals surface area contributed by atoms with Crippen LogP contribution in [0.4, 0.5) is 0 Å². The highest BCUT2D eigenvalue weighted by Gasteiger charge is 1.99. The Morgan fingerprint density at radius 1 is 1.00 bits per heavy atom. The second-order valence-electron chi connectivity index (χ2n) is 4.35. The van der Waals surface area contributed by atoms with E-state index in [-0.39, 0.29) is 0 Å². The molecule has 0 saturated carbocycles. The van der Waals surface area contributed by atoms with Gasteiger partial charge in [-0.15, -0.1) is 0 Å². The normalized spacial score (nSPS) is 12.4. The average molecular weight is 286 g/mol. The summed E-state index contributed by atoms with van der Waals surface area (Å²) in [5.74, 6) is 1.42. The van der Waals surface area contributed by atoms with Gasteiger partial charge in [0.05, 0.1) is 17.9 Å². The lowest BCUT2D eigenvalue weighted by Gasteiger charge is -2.01. The molecule has 0 radical (unpaired) electrons. The number of rotatable bonds is 6. The predicted molar refractivity (Wildman–Crippen MR) is 83.6 cm³/mol. The molecule has 0 amide bonds. The topological polar surface area (TPSA) is 26.3 Å². The zero-order valence-corrected chi connectivity index (χ0v) is 12.3. The molecular formula is C17H18O2S. The molecule has 0 aliphatic rings. The Hall–Kier alpha value is -1.87. The maximum absolute atomic E-state index is 12.0. The molecule has 2 aromatic rings. The molecule has 0 aliphatic heterocycles. The van der Waals surface area contributed by atoms with Crippen LogP contribution in [0, 0.1) is 0 Å². The van der Waals surface area contributed by atoms with Crippen LogP contribution in [0.2, 0.25) is 0 Å². The van der Waals surface area contributed by atoms with Gasteiger partial charge in [-0.1, -0.05) is 42.5 Å². The van der Waals surface area contributed by atoms with Gasteiger partial charge in [-0.05, 0) is 36.2 Å². The third-order valence-electron chi connectivity index (χ3n) is 2.93. The minimum Gasteiger partial charge on any atom is -0.497 e. The van der Waals surface area contributed by atoms with E-state index in [9.17, 15) is 4.21 Å². The van der Waals surface area contributed by atoms with E-state index in [1.807, 2.05) is 60.7 Å². The highest BCUT2D eigenvalue weighted by Crippen LogP contribution is 2.12. The van der Waals surface area contributed by atoms with Crippen LogP contribution in [0.1, 0.15) is 5.56 Å². The van der Waals surface area contributed by atoms with Crippen molar-refractivity contribution < 1.29 is 8.95 Å². The standard InChI is InChI=1S/C17H18O2S/c1-19-16-12-10-15(11-13-16)7-5-6-14-20(18)17-8-3-2-4-9-17/h2-6,8-13H,7,14H2,1H3. The first-order valence-corrected chi connectivity index (χ1v) is 7.83. The number of hydrogen-bond donors (Lipinski definition) is 0. The summed E-state index contributed by atoms with van der Waals surface area (Å²) in [4.78, 5) is 0.876. The van der Waals surface area contributed by atoms with Gasteiger partial charge >= 0.3 is 0 Å². The molecule has 1 atom stereocenters. The van der Waals surface area contributed by atoms with E-state index in [4.69, 9.17) is 4.74 Å². The summed E-state index contributed by atoms with van der Waals surface area (Å²) in [6.45, 7) is 0. The summed E-state index contributed by atoms with van der Waals surface area (Å²) in [6, 6.07) is 17.5. The van der Waals surface area contributed by atoms with Gasteiger partial charge in [-0.2, -0.15) is 0 Å². The molecule has 0 N–H and O–H groups in total. The Bertz CT molecular complexity index is 574. The van der Waals surface area contributed by atoms with E-state index >= 15 is 0 Å². The van der Waals surface area contributed by atoms with Crippen molar-refractivity contribution >= 4 is 10.8 Å². The third kappa shape index (κ3) is 4.35. The molecular weight excluding hydrogens is 268 g/mol. The fraction of sp³-hybridized carbons (Fsp3) is 0.176. The first-order chi connectivity index (χ1) is 9.79. The number of hydrogen-bond acceptors (Lipinski definition) is 2. The molecule has 104 valence electrons. The second-order valence-corrected chi connectivity index (χ2v) is 5.84. The molecule has 2 rings (SSSR count). The van der Waals surface area contributed by atoms with Crippen molar-refractivity contribution in [3.63, 3.8) is 0 Å². The van der Waals surface area contributed by atoms with E-state index < -0.39 is 10.8 Å². The zero-order chi connectivity index (χ0) is 14.2. The Morgan fingerprint density at radius 3 is 2.35 bits per heavy atom. The summed E-state index contributed by atoms with van der Waals surface area (Å²) in [5, 5.41) is 0. The quantitative estimate of drug-likeness (QED) is 0.758. The van der Waals surface area contributed by atoms with Gasteiger partial charge in [0, 0.05) is 10.6 Å². The molecule has 0 fully saturated rings. The van der Waals surface area contributed by atoms with Crippen molar-refractivity contribution in [2.75, 3.05) is 12.9 Å². The summed E-state index contributed by atoms with van der Waals surface area (Å²) in [5.41, 5.74) is 1.22. The average Bonchev–Trinajstić information content (AvgIpc) is 2.53. The van der Waals surface area contributed by atoms with Crippen molar-refractivity contribution in [1.29, 1.82) is 0 Å². The molecule has 2 nitrogen and oxygen atoms in total. The van der Waals surface area contributed by atoms with Gasteiger partial charge in [0.1, 0.15) is 5.75 Å². The highest BCUT2D eigenvalue weighted by molar-refractivity contribution is 7.85.